The van der Waals surface area contributed by atoms with Gasteiger partial charge in [-0.05, 0) is 11.1 Å². The van der Waals surface area contributed by atoms with Crippen LogP contribution < -0.4 is 0 Å². The third kappa shape index (κ3) is 1.51. The van der Waals surface area contributed by atoms with Crippen LogP contribution in [0.4, 0.5) is 0 Å². The van der Waals surface area contributed by atoms with Gasteiger partial charge in [0, 0.05) is 10.7 Å². The summed E-state index contributed by atoms with van der Waals surface area (Å²) in [5, 5.41) is 1.32. The number of hydrogen-bond acceptors (Lipinski definition) is 0. The van der Waals surface area contributed by atoms with E-state index < -0.39 is 14.1 Å². The molecule has 0 aromatic heterocycles. The van der Waals surface area contributed by atoms with Crippen LogP contribution in [-0.4, -0.2) is 24.7 Å². The van der Waals surface area contributed by atoms with Gasteiger partial charge in [0.2, 0.25) is 0 Å². The molecule has 0 saturated carbocycles. The normalized spacial score (nSPS) is 39.5. The molecule has 0 aromatic carbocycles. The average Bonchev–Trinajstić information content (AvgIpc) is 2.48. The fourth-order valence-corrected chi connectivity index (χ4v) is 6.86. The highest BCUT2D eigenvalue weighted by Gasteiger charge is 2.77. The molecule has 17 heavy (non-hydrogen) atoms. The Morgan fingerprint density at radius 1 is 0.765 bits per heavy atom. The van der Waals surface area contributed by atoms with E-state index in [-0.39, 0.29) is 10.1 Å². The van der Waals surface area contributed by atoms with E-state index in [1.807, 2.05) is 0 Å². The Kier molecular flexibility index (Phi) is 4.21. The highest BCUT2D eigenvalue weighted by molar-refractivity contribution is 9.09. The zero-order valence-corrected chi connectivity index (χ0v) is 15.6. The third-order valence-corrected chi connectivity index (χ3v) is 8.40. The molecule has 2 aliphatic carbocycles. The van der Waals surface area contributed by atoms with E-state index in [4.69, 9.17) is 69.6 Å². The molecule has 2 bridgehead atoms. The van der Waals surface area contributed by atoms with Gasteiger partial charge in [-0.25, -0.2) is 0 Å². The van der Waals surface area contributed by atoms with Gasteiger partial charge < -0.3 is 0 Å². The Bertz CT molecular complexity index is 418. The van der Waals surface area contributed by atoms with Gasteiger partial charge in [0.15, 0.2) is 4.33 Å². The third-order valence-electron chi connectivity index (χ3n) is 3.13. The van der Waals surface area contributed by atoms with E-state index in [0.717, 1.165) is 11.1 Å². The molecule has 8 heteroatoms. The predicted molar refractivity (Wildman–Crippen MR) is 85.0 cm³/mol. The first kappa shape index (κ1) is 15.6. The van der Waals surface area contributed by atoms with Crippen molar-refractivity contribution in [2.45, 2.75) is 14.1 Å². The number of fused-ring (bicyclic) bond motifs is 2. The van der Waals surface area contributed by atoms with Crippen molar-refractivity contribution in [3.05, 3.63) is 21.2 Å². The van der Waals surface area contributed by atoms with Crippen molar-refractivity contribution in [1.82, 2.24) is 0 Å². The molecule has 0 saturated heterocycles. The first-order valence-corrected chi connectivity index (χ1v) is 8.89. The average molecular weight is 485 g/mol. The van der Waals surface area contributed by atoms with E-state index >= 15 is 0 Å². The van der Waals surface area contributed by atoms with Crippen LogP contribution in [0.5, 0.6) is 0 Å². The second-order valence-corrected chi connectivity index (χ2v) is 8.08. The van der Waals surface area contributed by atoms with Crippen molar-refractivity contribution < 1.29 is 0 Å². The van der Waals surface area contributed by atoms with Crippen molar-refractivity contribution in [2.75, 3.05) is 10.7 Å². The summed E-state index contributed by atoms with van der Waals surface area (Å²) < 4.78 is -1.51. The lowest BCUT2D eigenvalue weighted by atomic mass is 9.98. The molecule has 0 N–H and O–H groups in total. The van der Waals surface area contributed by atoms with Crippen molar-refractivity contribution in [3.63, 3.8) is 0 Å². The monoisotopic (exact) mass is 480 g/mol. The van der Waals surface area contributed by atoms with Gasteiger partial charge in [-0.15, -0.1) is 23.2 Å². The molecule has 2 aliphatic rings. The summed E-state index contributed by atoms with van der Waals surface area (Å²) in [4.78, 5) is -2.55. The van der Waals surface area contributed by atoms with Gasteiger partial charge in [-0.2, -0.15) is 0 Å². The Hall–Kier alpha value is 2.18. The molecular weight excluding hydrogens is 481 g/mol. The van der Waals surface area contributed by atoms with Crippen molar-refractivity contribution in [2.24, 2.45) is 0 Å². The molecule has 0 spiro atoms. The highest BCUT2D eigenvalue weighted by atomic mass is 79.9. The summed E-state index contributed by atoms with van der Waals surface area (Å²) in [5.41, 5.74) is 1.51. The molecule has 2 unspecified atom stereocenters. The van der Waals surface area contributed by atoms with Crippen LogP contribution in [0.3, 0.4) is 0 Å². The second kappa shape index (κ2) is 4.59. The number of hydrogen-bond donors (Lipinski definition) is 0. The van der Waals surface area contributed by atoms with Crippen LogP contribution in [0.25, 0.3) is 0 Å². The lowest BCUT2D eigenvalue weighted by Gasteiger charge is -2.33. The summed E-state index contributed by atoms with van der Waals surface area (Å²) in [6, 6.07) is 0. The molecule has 0 amide bonds. The Morgan fingerprint density at radius 3 is 1.29 bits per heavy atom. The van der Waals surface area contributed by atoms with Crippen LogP contribution in [-0.2, 0) is 0 Å². The van der Waals surface area contributed by atoms with Gasteiger partial charge in [0.25, 0.3) is 0 Å². The minimum Gasteiger partial charge on any atom is -0.105 e. The first-order chi connectivity index (χ1) is 7.71. The van der Waals surface area contributed by atoms with E-state index in [1.165, 1.54) is 0 Å². The van der Waals surface area contributed by atoms with Crippen LogP contribution in [0.2, 0.25) is 0 Å². The van der Waals surface area contributed by atoms with Gasteiger partial charge in [-0.3, -0.25) is 0 Å². The summed E-state index contributed by atoms with van der Waals surface area (Å²) in [7, 11) is 0. The maximum atomic E-state index is 6.53. The Morgan fingerprint density at radius 2 is 1.06 bits per heavy atom. The topological polar surface area (TPSA) is 0 Å². The number of allylic oxidation sites excluding steroid dienone is 4. The van der Waals surface area contributed by atoms with E-state index in [2.05, 4.69) is 31.9 Å². The summed E-state index contributed by atoms with van der Waals surface area (Å²) in [5.74, 6) is 0. The SMILES string of the molecule is ClC1=C(Cl)C2(Cl)C(CBr)=C(CBr)C1(Cl)C2(Cl)Cl. The minimum absolute atomic E-state index is 0.194. The fraction of sp³-hybridized carbons (Fsp3) is 0.556. The van der Waals surface area contributed by atoms with Crippen molar-refractivity contribution in [3.8, 4) is 0 Å². The zero-order chi connectivity index (χ0) is 13.2. The van der Waals surface area contributed by atoms with Crippen LogP contribution in [0.1, 0.15) is 0 Å². The van der Waals surface area contributed by atoms with Crippen molar-refractivity contribution >= 4 is 101 Å². The lowest BCUT2D eigenvalue weighted by Crippen LogP contribution is -2.45. The van der Waals surface area contributed by atoms with Crippen molar-refractivity contribution in [1.29, 1.82) is 0 Å². The van der Waals surface area contributed by atoms with E-state index in [0.29, 0.717) is 10.7 Å². The van der Waals surface area contributed by atoms with Crippen LogP contribution in [0.15, 0.2) is 21.2 Å². The van der Waals surface area contributed by atoms with Crippen LogP contribution >= 0.6 is 101 Å². The van der Waals surface area contributed by atoms with Gasteiger partial charge in [-0.1, -0.05) is 78.3 Å². The molecule has 0 fully saturated rings. The molecule has 0 aliphatic heterocycles. The van der Waals surface area contributed by atoms with Gasteiger partial charge in [0.1, 0.15) is 9.75 Å². The Labute approximate surface area is 146 Å². The smallest absolute Gasteiger partial charge is 0.105 e. The van der Waals surface area contributed by atoms with Gasteiger partial charge >= 0.3 is 0 Å². The highest BCUT2D eigenvalue weighted by Crippen LogP contribution is 2.74. The molecule has 96 valence electrons. The largest absolute Gasteiger partial charge is 0.173 e. The molecule has 0 aromatic rings. The summed E-state index contributed by atoms with van der Waals surface area (Å²) in [6.45, 7) is 0. The molecule has 0 heterocycles. The zero-order valence-electron chi connectivity index (χ0n) is 7.94. The van der Waals surface area contributed by atoms with Gasteiger partial charge in [0.05, 0.1) is 10.1 Å². The maximum absolute atomic E-state index is 6.53. The van der Waals surface area contributed by atoms with Crippen LogP contribution in [0, 0.1) is 0 Å². The van der Waals surface area contributed by atoms with E-state index in [9.17, 15) is 0 Å². The molecule has 2 rings (SSSR count). The predicted octanol–water partition coefficient (Wildman–Crippen LogP) is 5.92. The molecule has 2 atom stereocenters. The second-order valence-electron chi connectivity index (χ2n) is 3.74. The number of alkyl halides is 6. The number of rotatable bonds is 2. The summed E-state index contributed by atoms with van der Waals surface area (Å²) in [6.07, 6.45) is 0. The molecule has 0 radical (unpaired) electrons. The van der Waals surface area contributed by atoms with E-state index in [1.54, 1.807) is 0 Å². The standard InChI is InChI=1S/C9H4Br2Cl6/c10-1-3-4(2-11)8(15)6(13)5(12)7(3,14)9(8,16)17/h1-2H2. The summed E-state index contributed by atoms with van der Waals surface area (Å²) >= 11 is 44.8. The quantitative estimate of drug-likeness (QED) is 0.337. The lowest BCUT2D eigenvalue weighted by molar-refractivity contribution is 0.694. The fourth-order valence-electron chi connectivity index (χ4n) is 2.22. The minimum atomic E-state index is -1.51. The molecule has 0 nitrogen and oxygen atoms in total. The maximum Gasteiger partial charge on any atom is 0.173 e. The first-order valence-electron chi connectivity index (χ1n) is 4.38. The number of halogens is 8. The Balaban J connectivity index is 2.81. The molecular formula is C9H4Br2Cl6.